The molecule has 0 atom stereocenters. The van der Waals surface area contributed by atoms with Gasteiger partial charge < -0.3 is 9.73 Å². The topological polar surface area (TPSA) is 83.3 Å². The minimum atomic E-state index is -0.0996. The molecule has 2 heterocycles. The van der Waals surface area contributed by atoms with Crippen LogP contribution in [0.15, 0.2) is 4.42 Å². The average molecular weight is 293 g/mol. The summed E-state index contributed by atoms with van der Waals surface area (Å²) in [6.07, 6.45) is 4.57. The van der Waals surface area contributed by atoms with Gasteiger partial charge in [-0.1, -0.05) is 5.10 Å². The number of aromatic nitrogens is 2. The molecule has 7 nitrogen and oxygen atoms in total. The maximum atomic E-state index is 12.0. The molecule has 1 amide bonds. The number of anilines is 1. The Labute approximate surface area is 124 Å². The van der Waals surface area contributed by atoms with Gasteiger partial charge in [0, 0.05) is 12.5 Å². The Morgan fingerprint density at radius 2 is 2.10 bits per heavy atom. The van der Waals surface area contributed by atoms with Crippen LogP contribution in [0.5, 0.6) is 0 Å². The lowest BCUT2D eigenvalue weighted by molar-refractivity contribution is -0.117. The fraction of sp³-hybridized carbons (Fsp3) is 0.786. The zero-order valence-electron chi connectivity index (χ0n) is 12.5. The van der Waals surface area contributed by atoms with Crippen molar-refractivity contribution in [3.8, 4) is 0 Å². The van der Waals surface area contributed by atoms with Crippen LogP contribution in [0, 0.1) is 5.92 Å². The van der Waals surface area contributed by atoms with Crippen molar-refractivity contribution in [1.82, 2.24) is 20.4 Å². The maximum Gasteiger partial charge on any atom is 0.322 e. The summed E-state index contributed by atoms with van der Waals surface area (Å²) >= 11 is 0. The summed E-state index contributed by atoms with van der Waals surface area (Å²) in [5.74, 6) is 1.63. The first-order valence-corrected chi connectivity index (χ1v) is 7.73. The van der Waals surface area contributed by atoms with E-state index in [1.807, 2.05) is 7.05 Å². The Bertz CT molecular complexity index is 479. The second-order valence-electron chi connectivity index (χ2n) is 6.16. The molecule has 21 heavy (non-hydrogen) atoms. The molecule has 2 N–H and O–H groups in total. The van der Waals surface area contributed by atoms with Gasteiger partial charge >= 0.3 is 6.01 Å². The number of nitrogens with zero attached hydrogens (tertiary/aromatic N) is 3. The van der Waals surface area contributed by atoms with Crippen LogP contribution < -0.4 is 10.6 Å². The highest BCUT2D eigenvalue weighted by Gasteiger charge is 2.29. The maximum absolute atomic E-state index is 12.0. The average Bonchev–Trinajstić information content (AvgIpc) is 3.20. The monoisotopic (exact) mass is 293 g/mol. The van der Waals surface area contributed by atoms with E-state index in [0.717, 1.165) is 32.5 Å². The number of likely N-dealkylation sites (N-methyl/N-ethyl adjacent to an activating group) is 1. The molecule has 1 aliphatic carbocycles. The number of amides is 1. The second-order valence-corrected chi connectivity index (χ2v) is 6.16. The highest BCUT2D eigenvalue weighted by atomic mass is 16.4. The Kier molecular flexibility index (Phi) is 4.50. The summed E-state index contributed by atoms with van der Waals surface area (Å²) in [6, 6.07) is 0.220. The zero-order valence-corrected chi connectivity index (χ0v) is 12.5. The molecule has 0 bridgehead atoms. The number of rotatable bonds is 6. The van der Waals surface area contributed by atoms with Crippen LogP contribution in [0.1, 0.15) is 37.5 Å². The van der Waals surface area contributed by atoms with E-state index in [2.05, 4.69) is 25.7 Å². The first-order valence-electron chi connectivity index (χ1n) is 7.73. The molecule has 1 aliphatic heterocycles. The summed E-state index contributed by atoms with van der Waals surface area (Å²) < 4.78 is 5.43. The van der Waals surface area contributed by atoms with Crippen LogP contribution in [-0.4, -0.2) is 54.2 Å². The summed E-state index contributed by atoms with van der Waals surface area (Å²) in [7, 11) is 1.98. The minimum absolute atomic E-state index is 0.0996. The first kappa shape index (κ1) is 14.5. The molecule has 3 rings (SSSR count). The summed E-state index contributed by atoms with van der Waals surface area (Å²) in [5.41, 5.74) is 0. The number of hydrogen-bond donors (Lipinski definition) is 2. The van der Waals surface area contributed by atoms with Gasteiger partial charge in [0.25, 0.3) is 0 Å². The third-order valence-corrected chi connectivity index (χ3v) is 4.06. The van der Waals surface area contributed by atoms with E-state index in [0.29, 0.717) is 24.3 Å². The fourth-order valence-corrected chi connectivity index (χ4v) is 2.75. The van der Waals surface area contributed by atoms with Crippen molar-refractivity contribution in [2.24, 2.45) is 5.92 Å². The highest BCUT2D eigenvalue weighted by Crippen LogP contribution is 2.39. The lowest BCUT2D eigenvalue weighted by atomic mass is 9.98. The molecule has 1 aromatic heterocycles. The van der Waals surface area contributed by atoms with Gasteiger partial charge in [0.2, 0.25) is 11.8 Å². The van der Waals surface area contributed by atoms with E-state index in [9.17, 15) is 4.79 Å². The highest BCUT2D eigenvalue weighted by molar-refractivity contribution is 5.90. The lowest BCUT2D eigenvalue weighted by Crippen LogP contribution is -2.37. The third-order valence-electron chi connectivity index (χ3n) is 4.06. The minimum Gasteiger partial charge on any atom is -0.408 e. The molecule has 1 saturated heterocycles. The molecule has 0 radical (unpaired) electrons. The van der Waals surface area contributed by atoms with Gasteiger partial charge in [-0.3, -0.25) is 15.0 Å². The first-order chi connectivity index (χ1) is 10.2. The molecule has 2 fully saturated rings. The lowest BCUT2D eigenvalue weighted by Gasteiger charge is -2.26. The number of hydrogen-bond acceptors (Lipinski definition) is 6. The Balaban J connectivity index is 1.41. The molecular weight excluding hydrogens is 270 g/mol. The summed E-state index contributed by atoms with van der Waals surface area (Å²) in [4.78, 5) is 14.0. The van der Waals surface area contributed by atoms with Crippen LogP contribution >= 0.6 is 0 Å². The van der Waals surface area contributed by atoms with Crippen molar-refractivity contribution in [3.63, 3.8) is 0 Å². The smallest absolute Gasteiger partial charge is 0.322 e. The Hall–Kier alpha value is -1.47. The predicted molar refractivity (Wildman–Crippen MR) is 78.0 cm³/mol. The molecule has 7 heteroatoms. The van der Waals surface area contributed by atoms with Crippen molar-refractivity contribution < 1.29 is 9.21 Å². The van der Waals surface area contributed by atoms with Gasteiger partial charge in [-0.05, 0) is 51.7 Å². The van der Waals surface area contributed by atoms with Crippen LogP contribution in [0.2, 0.25) is 0 Å². The second kappa shape index (κ2) is 6.53. The summed E-state index contributed by atoms with van der Waals surface area (Å²) in [5, 5.41) is 13.8. The Morgan fingerprint density at radius 3 is 2.81 bits per heavy atom. The molecule has 1 aromatic rings. The largest absolute Gasteiger partial charge is 0.408 e. The molecular formula is C14H23N5O2. The van der Waals surface area contributed by atoms with E-state index >= 15 is 0 Å². The molecule has 0 aromatic carbocycles. The number of nitrogens with one attached hydrogen (secondary N) is 2. The van der Waals surface area contributed by atoms with Gasteiger partial charge in [0.15, 0.2) is 0 Å². The Morgan fingerprint density at radius 1 is 1.33 bits per heavy atom. The van der Waals surface area contributed by atoms with Crippen molar-refractivity contribution in [3.05, 3.63) is 5.89 Å². The van der Waals surface area contributed by atoms with Crippen LogP contribution in [0.3, 0.4) is 0 Å². The number of carbonyl (C=O) groups excluding carboxylic acids is 1. The molecule has 1 saturated carbocycles. The summed E-state index contributed by atoms with van der Waals surface area (Å²) in [6.45, 7) is 3.46. The number of carbonyl (C=O) groups is 1. The van der Waals surface area contributed by atoms with Crippen LogP contribution in [0.25, 0.3) is 0 Å². The third kappa shape index (κ3) is 4.25. The van der Waals surface area contributed by atoms with E-state index in [4.69, 9.17) is 4.42 Å². The van der Waals surface area contributed by atoms with Crippen LogP contribution in [0.4, 0.5) is 6.01 Å². The predicted octanol–water partition coefficient (Wildman–Crippen LogP) is 0.817. The van der Waals surface area contributed by atoms with Gasteiger partial charge in [-0.15, -0.1) is 5.10 Å². The van der Waals surface area contributed by atoms with Gasteiger partial charge in [-0.2, -0.15) is 0 Å². The normalized spacial score (nSPS) is 19.9. The number of piperidine rings is 1. The SMILES string of the molecule is CN(CC(=O)Nc1nnc(C2CC2)o1)CC1CCNCC1. The molecule has 2 aliphatic rings. The van der Waals surface area contributed by atoms with E-state index in [-0.39, 0.29) is 11.9 Å². The quantitative estimate of drug-likeness (QED) is 0.808. The van der Waals surface area contributed by atoms with Gasteiger partial charge in [0.1, 0.15) is 0 Å². The van der Waals surface area contributed by atoms with Crippen molar-refractivity contribution >= 4 is 11.9 Å². The van der Waals surface area contributed by atoms with Gasteiger partial charge in [-0.25, -0.2) is 0 Å². The van der Waals surface area contributed by atoms with E-state index in [1.54, 1.807) is 0 Å². The van der Waals surface area contributed by atoms with Crippen molar-refractivity contribution in [2.75, 3.05) is 38.5 Å². The van der Waals surface area contributed by atoms with Gasteiger partial charge in [0.05, 0.1) is 6.54 Å². The van der Waals surface area contributed by atoms with Crippen molar-refractivity contribution in [1.29, 1.82) is 0 Å². The molecule has 0 unspecified atom stereocenters. The van der Waals surface area contributed by atoms with Crippen LogP contribution in [-0.2, 0) is 4.79 Å². The standard InChI is InChI=1S/C14H23N5O2/c1-19(8-10-4-6-15-7-5-10)9-12(20)16-14-18-17-13(21-14)11-2-3-11/h10-11,15H,2-9H2,1H3,(H,16,18,20). The fourth-order valence-electron chi connectivity index (χ4n) is 2.75. The molecule has 0 spiro atoms. The molecule has 116 valence electrons. The van der Waals surface area contributed by atoms with E-state index in [1.165, 1.54) is 12.8 Å². The van der Waals surface area contributed by atoms with E-state index < -0.39 is 0 Å². The van der Waals surface area contributed by atoms with Crippen molar-refractivity contribution in [2.45, 2.75) is 31.6 Å². The zero-order chi connectivity index (χ0) is 14.7.